The minimum absolute atomic E-state index is 0.171. The van der Waals surface area contributed by atoms with Gasteiger partial charge in [-0.3, -0.25) is 13.9 Å². The van der Waals surface area contributed by atoms with E-state index < -0.39 is 10.8 Å². The topological polar surface area (TPSA) is 104 Å². The Morgan fingerprint density at radius 1 is 1.24 bits per heavy atom. The highest BCUT2D eigenvalue weighted by Crippen LogP contribution is 2.43. The van der Waals surface area contributed by atoms with Gasteiger partial charge in [-0.15, -0.1) is 4.40 Å². The normalized spacial score (nSPS) is 21.6. The predicted octanol–water partition coefficient (Wildman–Crippen LogP) is 1.98. The Morgan fingerprint density at radius 2 is 2.04 bits per heavy atom. The summed E-state index contributed by atoms with van der Waals surface area (Å²) in [6, 6.07) is 4.97. The van der Waals surface area contributed by atoms with Gasteiger partial charge in [0.1, 0.15) is 13.2 Å². The van der Waals surface area contributed by atoms with Crippen LogP contribution in [0.1, 0.15) is 10.4 Å². The number of allylic oxidation sites excluding steroid dienone is 2. The first-order valence-electron chi connectivity index (χ1n) is 7.74. The van der Waals surface area contributed by atoms with Crippen molar-refractivity contribution in [2.24, 2.45) is 4.40 Å². The molecule has 0 fully saturated rings. The van der Waals surface area contributed by atoms with Crippen molar-refractivity contribution < 1.29 is 23.4 Å². The highest BCUT2D eigenvalue weighted by molar-refractivity contribution is 8.23. The highest BCUT2D eigenvalue weighted by atomic mass is 32.3. The van der Waals surface area contributed by atoms with Crippen LogP contribution in [0, 0.1) is 0 Å². The molecule has 0 saturated carbocycles. The van der Waals surface area contributed by atoms with Gasteiger partial charge in [0.15, 0.2) is 17.3 Å². The van der Waals surface area contributed by atoms with Crippen molar-refractivity contribution in [1.29, 1.82) is 0 Å². The van der Waals surface area contributed by atoms with Crippen LogP contribution in [0.4, 0.5) is 0 Å². The Kier molecular flexibility index (Phi) is 3.91. The fourth-order valence-electron chi connectivity index (χ4n) is 2.71. The summed E-state index contributed by atoms with van der Waals surface area (Å²) in [5.74, 6) is 1.31. The van der Waals surface area contributed by atoms with Crippen LogP contribution in [-0.2, 0) is 0 Å². The van der Waals surface area contributed by atoms with Crippen LogP contribution >= 0.6 is 10.8 Å². The van der Waals surface area contributed by atoms with E-state index in [1.165, 1.54) is 0 Å². The van der Waals surface area contributed by atoms with Crippen molar-refractivity contribution in [1.82, 2.24) is 10.2 Å². The van der Waals surface area contributed by atoms with Crippen molar-refractivity contribution in [3.05, 3.63) is 47.8 Å². The number of hydrogen-bond acceptors (Lipinski definition) is 7. The Bertz CT molecular complexity index is 818. The van der Waals surface area contributed by atoms with E-state index in [-0.39, 0.29) is 11.7 Å². The molecule has 3 aliphatic rings. The number of nitrogens with one attached hydrogen (secondary N) is 1. The van der Waals surface area contributed by atoms with Crippen LogP contribution in [0.25, 0.3) is 0 Å². The van der Waals surface area contributed by atoms with Gasteiger partial charge in [0.2, 0.25) is 0 Å². The van der Waals surface area contributed by atoms with E-state index in [1.807, 2.05) is 0 Å². The maximum Gasteiger partial charge on any atom is 0.255 e. The number of carbonyl (C=O) groups excluding carboxylic acids is 1. The first kappa shape index (κ1) is 16.0. The lowest BCUT2D eigenvalue weighted by Crippen LogP contribution is -2.41. The number of carbonyl (C=O) groups is 1. The summed E-state index contributed by atoms with van der Waals surface area (Å²) < 4.78 is 34.6. The lowest BCUT2D eigenvalue weighted by atomic mass is 10.1. The number of hydrogen-bond donors (Lipinski definition) is 3. The largest absolute Gasteiger partial charge is 0.486 e. The van der Waals surface area contributed by atoms with E-state index in [9.17, 15) is 13.9 Å². The van der Waals surface area contributed by atoms with E-state index in [0.29, 0.717) is 48.4 Å². The summed E-state index contributed by atoms with van der Waals surface area (Å²) in [6.45, 7) is 1.35. The summed E-state index contributed by atoms with van der Waals surface area (Å²) in [4.78, 5) is 14.3. The van der Waals surface area contributed by atoms with E-state index in [1.54, 1.807) is 41.5 Å². The number of amidine groups is 1. The van der Waals surface area contributed by atoms with Gasteiger partial charge < -0.3 is 19.7 Å². The minimum Gasteiger partial charge on any atom is -0.486 e. The molecule has 0 aliphatic carbocycles. The van der Waals surface area contributed by atoms with Crippen LogP contribution < -0.4 is 14.8 Å². The van der Waals surface area contributed by atoms with Gasteiger partial charge in [0, 0.05) is 18.3 Å². The molecule has 3 heterocycles. The summed E-state index contributed by atoms with van der Waals surface area (Å²) >= 11 is 0. The second-order valence-corrected chi connectivity index (χ2v) is 7.53. The van der Waals surface area contributed by atoms with Crippen molar-refractivity contribution in [2.45, 2.75) is 0 Å². The molecule has 0 radical (unpaired) electrons. The van der Waals surface area contributed by atoms with Gasteiger partial charge in [-0.25, -0.2) is 0 Å². The Balaban J connectivity index is 1.57. The molecule has 25 heavy (non-hydrogen) atoms. The smallest absolute Gasteiger partial charge is 0.255 e. The van der Waals surface area contributed by atoms with E-state index in [0.717, 1.165) is 0 Å². The van der Waals surface area contributed by atoms with Gasteiger partial charge in [-0.05, 0) is 30.4 Å². The number of ether oxygens (including phenoxy) is 2. The summed E-state index contributed by atoms with van der Waals surface area (Å²) in [5.41, 5.74) is 0.830. The number of fused-ring (bicyclic) bond motifs is 2. The van der Waals surface area contributed by atoms with Crippen LogP contribution in [0.15, 0.2) is 46.6 Å². The van der Waals surface area contributed by atoms with Gasteiger partial charge in [-0.2, -0.15) is 0 Å². The molecule has 3 N–H and O–H groups in total. The molecular weight excluding hydrogens is 346 g/mol. The predicted molar refractivity (Wildman–Crippen MR) is 94.0 cm³/mol. The molecular formula is C16H17N3O5S. The van der Waals surface area contributed by atoms with Gasteiger partial charge in [-0.1, -0.05) is 10.8 Å². The molecule has 132 valence electrons. The quantitative estimate of drug-likeness (QED) is 0.742. The lowest BCUT2D eigenvalue weighted by molar-refractivity contribution is 0.0966. The Labute approximate surface area is 145 Å². The van der Waals surface area contributed by atoms with Gasteiger partial charge in [0.05, 0.1) is 11.4 Å². The summed E-state index contributed by atoms with van der Waals surface area (Å²) in [6.07, 6.45) is 5.23. The van der Waals surface area contributed by atoms with Crippen molar-refractivity contribution in [2.75, 3.05) is 25.5 Å². The zero-order valence-electron chi connectivity index (χ0n) is 13.2. The second kappa shape index (κ2) is 6.10. The van der Waals surface area contributed by atoms with Crippen molar-refractivity contribution in [3.8, 4) is 11.5 Å². The number of amides is 1. The monoisotopic (exact) mass is 363 g/mol. The fourth-order valence-corrected chi connectivity index (χ4v) is 3.72. The first-order valence-corrected chi connectivity index (χ1v) is 9.41. The standard InChI is InChI=1S/C16H17N3O5S/c20-16(11-3-4-13-14(10-11)24-8-7-23-13)17-12-2-1-5-19-6-9-25(21,22)18-15(12)19/h1-5,10,21-22H,6-9H2,(H,17,20). The molecule has 3 aliphatic heterocycles. The van der Waals surface area contributed by atoms with Gasteiger partial charge in [0.25, 0.3) is 5.91 Å². The molecule has 0 atom stereocenters. The third-order valence-corrected chi connectivity index (χ3v) is 5.13. The van der Waals surface area contributed by atoms with Crippen LogP contribution in [-0.4, -0.2) is 51.3 Å². The van der Waals surface area contributed by atoms with E-state index >= 15 is 0 Å². The zero-order valence-corrected chi connectivity index (χ0v) is 14.0. The molecule has 1 aromatic rings. The number of rotatable bonds is 2. The first-order chi connectivity index (χ1) is 12.0. The number of nitrogens with zero attached hydrogens (tertiary/aromatic N) is 2. The third kappa shape index (κ3) is 3.21. The second-order valence-electron chi connectivity index (χ2n) is 5.68. The van der Waals surface area contributed by atoms with Crippen LogP contribution in [0.3, 0.4) is 0 Å². The van der Waals surface area contributed by atoms with Crippen molar-refractivity contribution >= 4 is 22.5 Å². The SMILES string of the molecule is O=C(NC1=CC=CN2CCS(O)(O)N=C12)c1ccc2c(c1)OCCO2. The van der Waals surface area contributed by atoms with Crippen molar-refractivity contribution in [3.63, 3.8) is 0 Å². The molecule has 0 spiro atoms. The molecule has 1 aromatic carbocycles. The third-order valence-electron chi connectivity index (χ3n) is 3.93. The molecule has 8 nitrogen and oxygen atoms in total. The van der Waals surface area contributed by atoms with Crippen LogP contribution in [0.2, 0.25) is 0 Å². The van der Waals surface area contributed by atoms with Crippen LogP contribution in [0.5, 0.6) is 11.5 Å². The molecule has 0 aromatic heterocycles. The van der Waals surface area contributed by atoms with E-state index in [2.05, 4.69) is 9.71 Å². The number of benzene rings is 1. The highest BCUT2D eigenvalue weighted by Gasteiger charge is 2.28. The fraction of sp³-hybridized carbons (Fsp3) is 0.250. The lowest BCUT2D eigenvalue weighted by Gasteiger charge is -2.38. The minimum atomic E-state index is -3.01. The maximum atomic E-state index is 12.6. The summed E-state index contributed by atoms with van der Waals surface area (Å²) in [7, 11) is -3.01. The molecule has 0 saturated heterocycles. The molecule has 1 amide bonds. The zero-order chi connectivity index (χ0) is 17.4. The Morgan fingerprint density at radius 3 is 2.88 bits per heavy atom. The molecule has 4 rings (SSSR count). The van der Waals surface area contributed by atoms with E-state index in [4.69, 9.17) is 9.47 Å². The summed E-state index contributed by atoms with van der Waals surface area (Å²) in [5, 5.41) is 2.77. The Hall–Kier alpha value is -2.49. The average Bonchev–Trinajstić information content (AvgIpc) is 2.61. The average molecular weight is 363 g/mol. The molecule has 0 unspecified atom stereocenters. The molecule has 9 heteroatoms. The maximum absolute atomic E-state index is 12.6. The van der Waals surface area contributed by atoms with Gasteiger partial charge >= 0.3 is 0 Å². The molecule has 0 bridgehead atoms.